The Hall–Kier alpha value is -7.33. The van der Waals surface area contributed by atoms with Gasteiger partial charge in [0.2, 0.25) is 23.6 Å². The number of piperidine rings is 1. The zero-order valence-corrected chi connectivity index (χ0v) is 32.8. The van der Waals surface area contributed by atoms with Gasteiger partial charge in [0.1, 0.15) is 12.4 Å². The minimum atomic E-state index is -1.06. The molecule has 0 saturated carbocycles. The molecule has 1 fully saturated rings. The van der Waals surface area contributed by atoms with E-state index < -0.39 is 47.4 Å². The number of carbonyl (C=O) groups is 7. The lowest BCUT2D eigenvalue weighted by Crippen LogP contribution is -2.54. The Balaban J connectivity index is 0.898. The number of carbonyl (C=O) groups excluding carboxylic acids is 7. The van der Waals surface area contributed by atoms with Crippen LogP contribution in [0.1, 0.15) is 50.5 Å². The summed E-state index contributed by atoms with van der Waals surface area (Å²) in [6.45, 7) is 0.588. The van der Waals surface area contributed by atoms with Crippen molar-refractivity contribution in [3.05, 3.63) is 65.6 Å². The summed E-state index contributed by atoms with van der Waals surface area (Å²) in [5, 5.41) is 28.2. The van der Waals surface area contributed by atoms with Gasteiger partial charge in [0.15, 0.2) is 23.1 Å². The lowest BCUT2D eigenvalue weighted by Gasteiger charge is -2.27. The number of imide groups is 2. The molecule has 4 heterocycles. The Morgan fingerprint density at radius 2 is 1.65 bits per heavy atom. The average molecular weight is 827 g/mol. The predicted molar refractivity (Wildman–Crippen MR) is 211 cm³/mol. The first-order valence-corrected chi connectivity index (χ1v) is 18.7. The molecule has 1 atom stereocenters. The fourth-order valence-electron chi connectivity index (χ4n) is 6.33. The second kappa shape index (κ2) is 19.4. The summed E-state index contributed by atoms with van der Waals surface area (Å²) < 4.78 is 18.2. The van der Waals surface area contributed by atoms with Crippen molar-refractivity contribution >= 4 is 64.2 Å². The SMILES string of the molecule is CNC(=O)c1nnc(NC(=O)CNC(=O)CCOCCOCCNc2cccc3c2C(=O)N(C2CCC(=O)NC2=O)C3=O)cc1Nc1cccc(-c2ncn(C)n2)c1OC. The van der Waals surface area contributed by atoms with Crippen LogP contribution < -0.4 is 36.6 Å². The maximum atomic E-state index is 13.2. The Bertz CT molecular complexity index is 2320. The van der Waals surface area contributed by atoms with E-state index in [0.29, 0.717) is 28.5 Å². The van der Waals surface area contributed by atoms with E-state index in [1.165, 1.54) is 26.3 Å². The van der Waals surface area contributed by atoms with Crippen LogP contribution in [0.4, 0.5) is 22.9 Å². The molecular formula is C38H42N12O10. The number of hydrogen-bond acceptors (Lipinski definition) is 16. The molecule has 0 aliphatic carbocycles. The van der Waals surface area contributed by atoms with Gasteiger partial charge in [-0.05, 0) is 30.7 Å². The van der Waals surface area contributed by atoms with Crippen LogP contribution in [-0.4, -0.2) is 131 Å². The van der Waals surface area contributed by atoms with Gasteiger partial charge in [-0.1, -0.05) is 12.1 Å². The molecule has 314 valence electrons. The largest absolute Gasteiger partial charge is 0.494 e. The van der Waals surface area contributed by atoms with Gasteiger partial charge in [-0.25, -0.2) is 4.98 Å². The highest BCUT2D eigenvalue weighted by Gasteiger charge is 2.45. The normalized spacial score (nSPS) is 14.7. The molecular weight excluding hydrogens is 784 g/mol. The molecule has 6 N–H and O–H groups in total. The van der Waals surface area contributed by atoms with Crippen LogP contribution in [0.5, 0.6) is 5.75 Å². The van der Waals surface area contributed by atoms with Crippen LogP contribution in [-0.2, 0) is 35.7 Å². The lowest BCUT2D eigenvalue weighted by molar-refractivity contribution is -0.136. The molecule has 6 rings (SSSR count). The molecule has 1 saturated heterocycles. The number of ether oxygens (including phenoxy) is 3. The van der Waals surface area contributed by atoms with Crippen LogP contribution in [0.2, 0.25) is 0 Å². The molecule has 0 bridgehead atoms. The third kappa shape index (κ3) is 9.85. The molecule has 0 spiro atoms. The van der Waals surface area contributed by atoms with Crippen LogP contribution >= 0.6 is 0 Å². The molecule has 1 unspecified atom stereocenters. The number of rotatable bonds is 19. The van der Waals surface area contributed by atoms with Gasteiger partial charge >= 0.3 is 0 Å². The summed E-state index contributed by atoms with van der Waals surface area (Å²) in [6.07, 6.45) is 1.61. The van der Waals surface area contributed by atoms with Crippen molar-refractivity contribution in [1.82, 2.24) is 45.8 Å². The molecule has 0 radical (unpaired) electrons. The maximum absolute atomic E-state index is 13.2. The van der Waals surface area contributed by atoms with Crippen molar-refractivity contribution in [1.29, 1.82) is 0 Å². The van der Waals surface area contributed by atoms with Crippen molar-refractivity contribution in [2.75, 3.05) is 69.6 Å². The number of hydrogen-bond donors (Lipinski definition) is 6. The van der Waals surface area contributed by atoms with Crippen molar-refractivity contribution < 1.29 is 47.8 Å². The number of aryl methyl sites for hydroxylation is 1. The highest BCUT2D eigenvalue weighted by molar-refractivity contribution is 6.25. The topological polar surface area (TPSA) is 279 Å². The van der Waals surface area contributed by atoms with Gasteiger partial charge in [0.25, 0.3) is 17.7 Å². The molecule has 2 aromatic heterocycles. The van der Waals surface area contributed by atoms with Crippen molar-refractivity contribution in [2.24, 2.45) is 7.05 Å². The van der Waals surface area contributed by atoms with Gasteiger partial charge in [0, 0.05) is 45.2 Å². The second-order valence-electron chi connectivity index (χ2n) is 13.2. The van der Waals surface area contributed by atoms with Gasteiger partial charge in [-0.3, -0.25) is 48.5 Å². The number of benzene rings is 2. The minimum Gasteiger partial charge on any atom is -0.494 e. The first kappa shape index (κ1) is 42.3. The highest BCUT2D eigenvalue weighted by Crippen LogP contribution is 2.37. The van der Waals surface area contributed by atoms with Crippen LogP contribution in [0.3, 0.4) is 0 Å². The van der Waals surface area contributed by atoms with E-state index in [9.17, 15) is 33.6 Å². The monoisotopic (exact) mass is 826 g/mol. The molecule has 22 nitrogen and oxygen atoms in total. The second-order valence-corrected chi connectivity index (χ2v) is 13.2. The summed E-state index contributed by atoms with van der Waals surface area (Å²) in [5.74, 6) is -3.07. The zero-order valence-electron chi connectivity index (χ0n) is 32.8. The smallest absolute Gasteiger partial charge is 0.273 e. The zero-order chi connectivity index (χ0) is 42.8. The predicted octanol–water partition coefficient (Wildman–Crippen LogP) is 0.375. The summed E-state index contributed by atoms with van der Waals surface area (Å²) >= 11 is 0. The number of anilines is 4. The third-order valence-electron chi connectivity index (χ3n) is 9.15. The van der Waals surface area contributed by atoms with E-state index in [-0.39, 0.29) is 87.1 Å². The first-order valence-electron chi connectivity index (χ1n) is 18.7. The Labute approximate surface area is 342 Å². The molecule has 7 amide bonds. The van der Waals surface area contributed by atoms with E-state index in [1.54, 1.807) is 48.4 Å². The summed E-state index contributed by atoms with van der Waals surface area (Å²) in [5.41, 5.74) is 1.93. The van der Waals surface area contributed by atoms with Crippen molar-refractivity contribution in [3.8, 4) is 17.1 Å². The van der Waals surface area contributed by atoms with Gasteiger partial charge in [-0.15, -0.1) is 10.2 Å². The molecule has 2 aliphatic heterocycles. The molecule has 4 aromatic rings. The quantitative estimate of drug-likeness (QED) is 0.0550. The average Bonchev–Trinajstić information content (AvgIpc) is 3.78. The fraction of sp³-hybridized carbons (Fsp3) is 0.342. The molecule has 60 heavy (non-hydrogen) atoms. The third-order valence-corrected chi connectivity index (χ3v) is 9.15. The highest BCUT2D eigenvalue weighted by atomic mass is 16.5. The van der Waals surface area contributed by atoms with E-state index in [0.717, 1.165) is 4.90 Å². The minimum absolute atomic E-state index is 0.0112. The number of methoxy groups -OCH3 is 1. The maximum Gasteiger partial charge on any atom is 0.273 e. The van der Waals surface area contributed by atoms with E-state index >= 15 is 0 Å². The van der Waals surface area contributed by atoms with Gasteiger partial charge < -0.3 is 40.8 Å². The number of nitrogens with zero attached hydrogens (tertiary/aromatic N) is 6. The number of fused-ring (bicyclic) bond motifs is 1. The van der Waals surface area contributed by atoms with Gasteiger partial charge in [-0.2, -0.15) is 5.10 Å². The standard InChI is InChI=1S/C38H42N12O10/c1-39-36(55)32-25(43-24-9-5-7-22(33(24)58-3)34-42-20-49(2)48-34)18-27(46-47-32)44-30(53)19-41-28(51)12-14-59-16-17-60-15-13-40-23-8-4-6-21-31(23)38(57)50(37(21)56)26-10-11-29(52)45-35(26)54/h4-9,18,20,26,40H,10-17,19H2,1-3H3,(H,39,55)(H,41,51)(H,45,52,54)(H2,43,44,46,53). The summed E-state index contributed by atoms with van der Waals surface area (Å²) in [6, 6.07) is 10.4. The summed E-state index contributed by atoms with van der Waals surface area (Å²) in [7, 11) is 4.66. The number of para-hydroxylation sites is 1. The van der Waals surface area contributed by atoms with E-state index in [1.807, 2.05) is 0 Å². The van der Waals surface area contributed by atoms with Crippen LogP contribution in [0.25, 0.3) is 11.4 Å². The fourth-order valence-corrected chi connectivity index (χ4v) is 6.33. The van der Waals surface area contributed by atoms with Crippen molar-refractivity contribution in [3.63, 3.8) is 0 Å². The Morgan fingerprint density at radius 1 is 0.900 bits per heavy atom. The lowest BCUT2D eigenvalue weighted by atomic mass is 10.0. The number of nitrogens with one attached hydrogen (secondary N) is 6. The van der Waals surface area contributed by atoms with Crippen LogP contribution in [0, 0.1) is 0 Å². The Morgan fingerprint density at radius 3 is 2.37 bits per heavy atom. The number of amides is 7. The molecule has 22 heteroatoms. The van der Waals surface area contributed by atoms with Gasteiger partial charge in [0.05, 0.1) is 68.1 Å². The van der Waals surface area contributed by atoms with E-state index in [4.69, 9.17) is 14.2 Å². The first-order chi connectivity index (χ1) is 29.0. The van der Waals surface area contributed by atoms with Crippen molar-refractivity contribution in [2.45, 2.75) is 25.3 Å². The Kier molecular flexibility index (Phi) is 13.7. The number of aromatic nitrogens is 5. The van der Waals surface area contributed by atoms with E-state index in [2.05, 4.69) is 52.2 Å². The molecule has 2 aliphatic rings. The van der Waals surface area contributed by atoms with Crippen LogP contribution in [0.15, 0.2) is 48.8 Å². The molecule has 2 aromatic carbocycles. The summed E-state index contributed by atoms with van der Waals surface area (Å²) in [4.78, 5) is 93.0.